The Balaban J connectivity index is 2.68. The largest absolute Gasteiger partial charge is 0.371 e. The predicted octanol–water partition coefficient (Wildman–Crippen LogP) is 3.12. The molecule has 1 heteroatoms. The second-order valence-corrected chi connectivity index (χ2v) is 3.62. The van der Waals surface area contributed by atoms with Gasteiger partial charge >= 0.3 is 0 Å². The van der Waals surface area contributed by atoms with E-state index in [4.69, 9.17) is 0 Å². The highest BCUT2D eigenvalue weighted by atomic mass is 15.1. The topological polar surface area (TPSA) is 3.24 Å². The summed E-state index contributed by atoms with van der Waals surface area (Å²) >= 11 is 0. The third kappa shape index (κ3) is 2.76. The average Bonchev–Trinajstić information content (AvgIpc) is 2.15. The van der Waals surface area contributed by atoms with Gasteiger partial charge in [-0.3, -0.25) is 0 Å². The molecule has 1 rings (SSSR count). The third-order valence-corrected chi connectivity index (χ3v) is 2.41. The molecule has 0 aromatic rings. The fourth-order valence-corrected chi connectivity index (χ4v) is 1.76. The van der Waals surface area contributed by atoms with Crippen LogP contribution in [0, 0.1) is 0 Å². The minimum Gasteiger partial charge on any atom is -0.371 e. The number of nitrogens with zero attached hydrogens (tertiary/aromatic N) is 1. The van der Waals surface area contributed by atoms with Gasteiger partial charge in [0.05, 0.1) is 0 Å². The highest BCUT2D eigenvalue weighted by Crippen LogP contribution is 2.19. The Labute approximate surface area is 81.4 Å². The van der Waals surface area contributed by atoms with E-state index in [1.54, 1.807) is 0 Å². The fraction of sp³-hybridized carbons (Fsp3) is 0.500. The van der Waals surface area contributed by atoms with Crippen molar-refractivity contribution in [2.75, 3.05) is 13.1 Å². The Morgan fingerprint density at radius 2 is 1.85 bits per heavy atom. The highest BCUT2D eigenvalue weighted by molar-refractivity contribution is 5.28. The molecule has 0 amide bonds. The fourth-order valence-electron chi connectivity index (χ4n) is 1.76. The van der Waals surface area contributed by atoms with E-state index in [-0.39, 0.29) is 0 Å². The molecule has 1 nitrogen and oxygen atoms in total. The molecule has 0 aliphatic carbocycles. The van der Waals surface area contributed by atoms with Gasteiger partial charge in [0.25, 0.3) is 0 Å². The van der Waals surface area contributed by atoms with Crippen LogP contribution in [0.5, 0.6) is 0 Å². The monoisotopic (exact) mass is 177 g/mol. The van der Waals surface area contributed by atoms with Crippen LogP contribution in [0.25, 0.3) is 0 Å². The average molecular weight is 177 g/mol. The summed E-state index contributed by atoms with van der Waals surface area (Å²) in [6.07, 6.45) is 7.89. The van der Waals surface area contributed by atoms with Crippen LogP contribution in [0.15, 0.2) is 36.6 Å². The van der Waals surface area contributed by atoms with Gasteiger partial charge in [0.15, 0.2) is 0 Å². The first-order valence-electron chi connectivity index (χ1n) is 4.99. The molecule has 0 saturated carbocycles. The van der Waals surface area contributed by atoms with Crippen LogP contribution in [-0.4, -0.2) is 18.0 Å². The van der Waals surface area contributed by atoms with Gasteiger partial charge < -0.3 is 4.90 Å². The number of allylic oxidation sites excluding steroid dienone is 3. The van der Waals surface area contributed by atoms with Gasteiger partial charge in [-0.05, 0) is 37.8 Å². The van der Waals surface area contributed by atoms with Crippen molar-refractivity contribution in [3.8, 4) is 0 Å². The molecule has 0 aromatic heterocycles. The molecular weight excluding hydrogens is 158 g/mol. The molecular formula is C12H19N. The number of hydrogen-bond acceptors (Lipinski definition) is 1. The van der Waals surface area contributed by atoms with Gasteiger partial charge in [0, 0.05) is 18.8 Å². The number of likely N-dealkylation sites (tertiary alicyclic amines) is 1. The van der Waals surface area contributed by atoms with Crippen molar-refractivity contribution in [3.05, 3.63) is 36.6 Å². The summed E-state index contributed by atoms with van der Waals surface area (Å²) in [5.41, 5.74) is 2.40. The SMILES string of the molecule is C=C/C=C(\C(=C)C)N1CCCCC1. The summed E-state index contributed by atoms with van der Waals surface area (Å²) in [5.74, 6) is 0. The number of rotatable bonds is 3. The van der Waals surface area contributed by atoms with E-state index in [1.165, 1.54) is 38.0 Å². The normalized spacial score (nSPS) is 18.5. The van der Waals surface area contributed by atoms with E-state index in [2.05, 4.69) is 31.1 Å². The molecule has 1 aliphatic rings. The molecule has 0 radical (unpaired) electrons. The molecule has 1 fully saturated rings. The molecule has 1 saturated heterocycles. The zero-order valence-corrected chi connectivity index (χ0v) is 8.55. The summed E-state index contributed by atoms with van der Waals surface area (Å²) in [5, 5.41) is 0. The number of hydrogen-bond donors (Lipinski definition) is 0. The first-order chi connectivity index (χ1) is 6.25. The van der Waals surface area contributed by atoms with Crippen LogP contribution in [0.1, 0.15) is 26.2 Å². The number of piperidine rings is 1. The summed E-state index contributed by atoms with van der Waals surface area (Å²) in [6, 6.07) is 0. The third-order valence-electron chi connectivity index (χ3n) is 2.41. The van der Waals surface area contributed by atoms with Gasteiger partial charge in [-0.15, -0.1) is 0 Å². The first-order valence-corrected chi connectivity index (χ1v) is 4.99. The zero-order chi connectivity index (χ0) is 9.68. The maximum absolute atomic E-state index is 3.99. The smallest absolute Gasteiger partial charge is 0.0389 e. The maximum Gasteiger partial charge on any atom is 0.0389 e. The van der Waals surface area contributed by atoms with Crippen molar-refractivity contribution in [2.45, 2.75) is 26.2 Å². The van der Waals surface area contributed by atoms with Crippen LogP contribution in [0.3, 0.4) is 0 Å². The van der Waals surface area contributed by atoms with Crippen LogP contribution >= 0.6 is 0 Å². The maximum atomic E-state index is 3.99. The highest BCUT2D eigenvalue weighted by Gasteiger charge is 2.12. The Hall–Kier alpha value is -0.980. The molecule has 0 spiro atoms. The van der Waals surface area contributed by atoms with Crippen LogP contribution in [0.2, 0.25) is 0 Å². The zero-order valence-electron chi connectivity index (χ0n) is 8.55. The van der Waals surface area contributed by atoms with Crippen molar-refractivity contribution >= 4 is 0 Å². The lowest BCUT2D eigenvalue weighted by Crippen LogP contribution is -2.29. The molecule has 0 atom stereocenters. The predicted molar refractivity (Wildman–Crippen MR) is 58.5 cm³/mol. The van der Waals surface area contributed by atoms with Crippen molar-refractivity contribution in [3.63, 3.8) is 0 Å². The minimum absolute atomic E-state index is 1.14. The van der Waals surface area contributed by atoms with Gasteiger partial charge in [0.2, 0.25) is 0 Å². The van der Waals surface area contributed by atoms with Crippen molar-refractivity contribution in [2.24, 2.45) is 0 Å². The molecule has 0 aromatic carbocycles. The summed E-state index contributed by atoms with van der Waals surface area (Å²) in [7, 11) is 0. The van der Waals surface area contributed by atoms with Crippen molar-refractivity contribution in [1.29, 1.82) is 0 Å². The summed E-state index contributed by atoms with van der Waals surface area (Å²) in [4.78, 5) is 2.41. The van der Waals surface area contributed by atoms with Gasteiger partial charge in [-0.1, -0.05) is 19.2 Å². The molecule has 1 aliphatic heterocycles. The first kappa shape index (κ1) is 10.1. The summed E-state index contributed by atoms with van der Waals surface area (Å²) in [6.45, 7) is 12.1. The van der Waals surface area contributed by atoms with E-state index < -0.39 is 0 Å². The van der Waals surface area contributed by atoms with Gasteiger partial charge in [-0.25, -0.2) is 0 Å². The lowest BCUT2D eigenvalue weighted by molar-refractivity contribution is 0.290. The van der Waals surface area contributed by atoms with E-state index in [9.17, 15) is 0 Å². The second kappa shape index (κ2) is 4.90. The van der Waals surface area contributed by atoms with Crippen LogP contribution < -0.4 is 0 Å². The molecule has 0 N–H and O–H groups in total. The van der Waals surface area contributed by atoms with Crippen molar-refractivity contribution in [1.82, 2.24) is 4.90 Å². The minimum atomic E-state index is 1.14. The van der Waals surface area contributed by atoms with E-state index in [0.717, 1.165) is 5.57 Å². The van der Waals surface area contributed by atoms with E-state index in [1.807, 2.05) is 6.08 Å². The Morgan fingerprint density at radius 3 is 2.31 bits per heavy atom. The second-order valence-electron chi connectivity index (χ2n) is 3.62. The molecule has 72 valence electrons. The van der Waals surface area contributed by atoms with Crippen molar-refractivity contribution < 1.29 is 0 Å². The Morgan fingerprint density at radius 1 is 1.23 bits per heavy atom. The van der Waals surface area contributed by atoms with Gasteiger partial charge in [0.1, 0.15) is 0 Å². The van der Waals surface area contributed by atoms with Gasteiger partial charge in [-0.2, -0.15) is 0 Å². The molecule has 13 heavy (non-hydrogen) atoms. The van der Waals surface area contributed by atoms with E-state index in [0.29, 0.717) is 0 Å². The van der Waals surface area contributed by atoms with Crippen LogP contribution in [-0.2, 0) is 0 Å². The van der Waals surface area contributed by atoms with E-state index >= 15 is 0 Å². The standard InChI is InChI=1S/C12H19N/c1-4-8-12(11(2)3)13-9-6-5-7-10-13/h4,8H,1-2,5-7,9-10H2,3H3/b12-8+. The molecule has 0 bridgehead atoms. The quantitative estimate of drug-likeness (QED) is 0.599. The molecule has 0 unspecified atom stereocenters. The Kier molecular flexibility index (Phi) is 3.81. The summed E-state index contributed by atoms with van der Waals surface area (Å²) < 4.78 is 0. The lowest BCUT2D eigenvalue weighted by Gasteiger charge is -2.31. The lowest BCUT2D eigenvalue weighted by atomic mass is 10.1. The van der Waals surface area contributed by atoms with Crippen LogP contribution in [0.4, 0.5) is 0 Å². The Bertz CT molecular complexity index is 219. The molecule has 1 heterocycles.